The summed E-state index contributed by atoms with van der Waals surface area (Å²) >= 11 is 1.36. The third kappa shape index (κ3) is 4.40. The quantitative estimate of drug-likeness (QED) is 0.870. The molecule has 2 amide bonds. The predicted molar refractivity (Wildman–Crippen MR) is 102 cm³/mol. The van der Waals surface area contributed by atoms with Crippen LogP contribution in [0.4, 0.5) is 5.13 Å². The lowest BCUT2D eigenvalue weighted by Gasteiger charge is -2.38. The zero-order valence-corrected chi connectivity index (χ0v) is 15.8. The highest BCUT2D eigenvalue weighted by Crippen LogP contribution is 2.23. The summed E-state index contributed by atoms with van der Waals surface area (Å²) in [5.74, 6) is 0.357. The molecule has 2 unspecified atom stereocenters. The predicted octanol–water partition coefficient (Wildman–Crippen LogP) is 3.56. The molecule has 1 aromatic heterocycles. The minimum absolute atomic E-state index is 0.00953. The first-order valence-electron chi connectivity index (χ1n) is 8.79. The van der Waals surface area contributed by atoms with Gasteiger partial charge in [0.25, 0.3) is 11.8 Å². The number of hydrogen-bond acceptors (Lipinski definition) is 5. The van der Waals surface area contributed by atoms with Crippen LogP contribution in [-0.2, 0) is 4.79 Å². The van der Waals surface area contributed by atoms with E-state index in [-0.39, 0.29) is 30.5 Å². The molecule has 138 valence electrons. The van der Waals surface area contributed by atoms with Crippen molar-refractivity contribution in [3.05, 3.63) is 41.4 Å². The van der Waals surface area contributed by atoms with E-state index in [1.54, 1.807) is 35.8 Å². The fourth-order valence-corrected chi connectivity index (χ4v) is 3.81. The van der Waals surface area contributed by atoms with Gasteiger partial charge in [-0.15, -0.1) is 11.3 Å². The molecule has 2 atom stereocenters. The minimum atomic E-state index is -0.224. The Balaban J connectivity index is 1.54. The Bertz CT molecular complexity index is 736. The Morgan fingerprint density at radius 3 is 2.54 bits per heavy atom. The molecule has 26 heavy (non-hydrogen) atoms. The van der Waals surface area contributed by atoms with Crippen molar-refractivity contribution in [2.24, 2.45) is 0 Å². The number of hydrogen-bond donors (Lipinski definition) is 1. The summed E-state index contributed by atoms with van der Waals surface area (Å²) in [7, 11) is 0. The number of piperidine rings is 1. The number of likely N-dealkylation sites (tertiary alicyclic amines) is 1. The molecule has 0 spiro atoms. The lowest BCUT2D eigenvalue weighted by atomic mass is 9.97. The second-order valence-electron chi connectivity index (χ2n) is 6.53. The number of thiazole rings is 1. The molecule has 1 aromatic carbocycles. The van der Waals surface area contributed by atoms with E-state index < -0.39 is 0 Å². The van der Waals surface area contributed by atoms with Crippen LogP contribution in [0.3, 0.4) is 0 Å². The summed E-state index contributed by atoms with van der Waals surface area (Å²) in [5.41, 5.74) is 0.511. The molecule has 7 heteroatoms. The van der Waals surface area contributed by atoms with Gasteiger partial charge in [0.1, 0.15) is 5.75 Å². The van der Waals surface area contributed by atoms with E-state index in [2.05, 4.69) is 24.1 Å². The van der Waals surface area contributed by atoms with E-state index in [4.69, 9.17) is 4.74 Å². The normalized spacial score (nSPS) is 19.8. The standard InChI is InChI=1S/C19H23N3O3S/c1-13-4-3-5-14(2)22(13)17(23)12-25-16-8-6-15(7-9-16)18(24)21-19-20-10-11-26-19/h6-11,13-14H,3-5,12H2,1-2H3,(H,20,21,24). The number of ether oxygens (including phenoxy) is 1. The Kier molecular flexibility index (Phi) is 5.88. The Labute approximate surface area is 157 Å². The van der Waals surface area contributed by atoms with Crippen molar-refractivity contribution in [3.63, 3.8) is 0 Å². The van der Waals surface area contributed by atoms with Crippen LogP contribution in [-0.4, -0.2) is 40.4 Å². The average Bonchev–Trinajstić information content (AvgIpc) is 3.13. The molecule has 1 aliphatic rings. The first-order chi connectivity index (χ1) is 12.5. The molecule has 3 rings (SSSR count). The van der Waals surface area contributed by atoms with Crippen LogP contribution in [0.1, 0.15) is 43.5 Å². The summed E-state index contributed by atoms with van der Waals surface area (Å²) in [6, 6.07) is 7.27. The summed E-state index contributed by atoms with van der Waals surface area (Å²) in [6.45, 7) is 4.19. The van der Waals surface area contributed by atoms with Gasteiger partial charge in [-0.05, 0) is 57.4 Å². The molecule has 0 radical (unpaired) electrons. The molecule has 2 aromatic rings. The van der Waals surface area contributed by atoms with Gasteiger partial charge in [-0.1, -0.05) is 0 Å². The smallest absolute Gasteiger partial charge is 0.260 e. The third-order valence-electron chi connectivity index (χ3n) is 4.61. The van der Waals surface area contributed by atoms with Gasteiger partial charge in [0.2, 0.25) is 0 Å². The fraction of sp³-hybridized carbons (Fsp3) is 0.421. The van der Waals surface area contributed by atoms with Crippen molar-refractivity contribution < 1.29 is 14.3 Å². The zero-order chi connectivity index (χ0) is 18.5. The Hall–Kier alpha value is -2.41. The van der Waals surface area contributed by atoms with Crippen LogP contribution in [0.15, 0.2) is 35.8 Å². The second kappa shape index (κ2) is 8.31. The molecule has 1 aliphatic heterocycles. The average molecular weight is 373 g/mol. The molecule has 0 saturated carbocycles. The van der Waals surface area contributed by atoms with Crippen molar-refractivity contribution in [2.45, 2.75) is 45.2 Å². The number of amides is 2. The summed E-state index contributed by atoms with van der Waals surface area (Å²) in [4.78, 5) is 30.6. The molecule has 0 bridgehead atoms. The van der Waals surface area contributed by atoms with E-state index in [0.29, 0.717) is 16.4 Å². The van der Waals surface area contributed by atoms with E-state index in [1.165, 1.54) is 11.3 Å². The number of carbonyl (C=O) groups is 2. The van der Waals surface area contributed by atoms with Crippen molar-refractivity contribution in [2.75, 3.05) is 11.9 Å². The van der Waals surface area contributed by atoms with Crippen LogP contribution in [0.2, 0.25) is 0 Å². The summed E-state index contributed by atoms with van der Waals surface area (Å²) in [5, 5.41) is 5.09. The summed E-state index contributed by atoms with van der Waals surface area (Å²) < 4.78 is 5.63. The lowest BCUT2D eigenvalue weighted by Crippen LogP contribution is -2.49. The molecule has 0 aliphatic carbocycles. The number of nitrogens with one attached hydrogen (secondary N) is 1. The van der Waals surface area contributed by atoms with Crippen LogP contribution < -0.4 is 10.1 Å². The van der Waals surface area contributed by atoms with Gasteiger partial charge >= 0.3 is 0 Å². The van der Waals surface area contributed by atoms with Crippen LogP contribution in [0.25, 0.3) is 0 Å². The van der Waals surface area contributed by atoms with E-state index in [9.17, 15) is 9.59 Å². The highest BCUT2D eigenvalue weighted by Gasteiger charge is 2.28. The van der Waals surface area contributed by atoms with Gasteiger partial charge in [0.05, 0.1) is 0 Å². The van der Waals surface area contributed by atoms with Crippen molar-refractivity contribution in [1.29, 1.82) is 0 Å². The molecule has 1 saturated heterocycles. The minimum Gasteiger partial charge on any atom is -0.484 e. The number of carbonyl (C=O) groups excluding carboxylic acids is 2. The van der Waals surface area contributed by atoms with Crippen LogP contribution >= 0.6 is 11.3 Å². The van der Waals surface area contributed by atoms with E-state index >= 15 is 0 Å². The fourth-order valence-electron chi connectivity index (χ4n) is 3.29. The van der Waals surface area contributed by atoms with Crippen LogP contribution in [0.5, 0.6) is 5.75 Å². The molecule has 2 heterocycles. The molecular formula is C19H23N3O3S. The van der Waals surface area contributed by atoms with Gasteiger partial charge in [0, 0.05) is 29.2 Å². The van der Waals surface area contributed by atoms with Crippen molar-refractivity contribution >= 4 is 28.3 Å². The van der Waals surface area contributed by atoms with Crippen molar-refractivity contribution in [1.82, 2.24) is 9.88 Å². The maximum absolute atomic E-state index is 12.5. The highest BCUT2D eigenvalue weighted by molar-refractivity contribution is 7.13. The van der Waals surface area contributed by atoms with E-state index in [0.717, 1.165) is 19.3 Å². The number of nitrogens with zero attached hydrogens (tertiary/aromatic N) is 2. The van der Waals surface area contributed by atoms with Gasteiger partial charge in [-0.3, -0.25) is 14.9 Å². The van der Waals surface area contributed by atoms with Crippen molar-refractivity contribution in [3.8, 4) is 5.75 Å². The first-order valence-corrected chi connectivity index (χ1v) is 9.67. The number of aromatic nitrogens is 1. The second-order valence-corrected chi connectivity index (χ2v) is 7.43. The van der Waals surface area contributed by atoms with E-state index in [1.807, 2.05) is 4.90 Å². The largest absolute Gasteiger partial charge is 0.484 e. The van der Waals surface area contributed by atoms with Gasteiger partial charge in [-0.25, -0.2) is 4.98 Å². The first kappa shape index (κ1) is 18.4. The number of rotatable bonds is 5. The monoisotopic (exact) mass is 373 g/mol. The Morgan fingerprint density at radius 2 is 1.92 bits per heavy atom. The maximum atomic E-state index is 12.5. The highest BCUT2D eigenvalue weighted by atomic mass is 32.1. The van der Waals surface area contributed by atoms with Gasteiger partial charge in [0.15, 0.2) is 11.7 Å². The van der Waals surface area contributed by atoms with Gasteiger partial charge < -0.3 is 9.64 Å². The maximum Gasteiger partial charge on any atom is 0.260 e. The number of anilines is 1. The molecular weight excluding hydrogens is 350 g/mol. The topological polar surface area (TPSA) is 71.5 Å². The number of benzene rings is 1. The molecule has 1 N–H and O–H groups in total. The zero-order valence-electron chi connectivity index (χ0n) is 15.0. The molecule has 1 fully saturated rings. The SMILES string of the molecule is CC1CCCC(C)N1C(=O)COc1ccc(C(=O)Nc2nccs2)cc1. The third-order valence-corrected chi connectivity index (χ3v) is 5.30. The van der Waals surface area contributed by atoms with Crippen LogP contribution in [0, 0.1) is 0 Å². The van der Waals surface area contributed by atoms with Gasteiger partial charge in [-0.2, -0.15) is 0 Å². The molecule has 6 nitrogen and oxygen atoms in total. The lowest BCUT2D eigenvalue weighted by molar-refractivity contribution is -0.139. The Morgan fingerprint density at radius 1 is 1.23 bits per heavy atom. The summed E-state index contributed by atoms with van der Waals surface area (Å²) in [6.07, 6.45) is 4.88.